The van der Waals surface area contributed by atoms with Crippen LogP contribution in [0.5, 0.6) is 17.2 Å². The fraction of sp³-hybridized carbons (Fsp3) is 0.650. The van der Waals surface area contributed by atoms with Gasteiger partial charge in [-0.15, -0.1) is 0 Å². The van der Waals surface area contributed by atoms with E-state index < -0.39 is 16.6 Å². The Labute approximate surface area is 161 Å². The van der Waals surface area contributed by atoms with Crippen LogP contribution in [0.15, 0.2) is 12.1 Å². The number of carbonyl (C=O) groups is 1. The van der Waals surface area contributed by atoms with Crippen LogP contribution in [0.25, 0.3) is 0 Å². The van der Waals surface area contributed by atoms with Crippen molar-refractivity contribution in [1.29, 1.82) is 0 Å². The van der Waals surface area contributed by atoms with Crippen molar-refractivity contribution in [3.05, 3.63) is 17.7 Å². The van der Waals surface area contributed by atoms with Gasteiger partial charge in [-0.05, 0) is 43.2 Å². The summed E-state index contributed by atoms with van der Waals surface area (Å²) in [4.78, 5) is 12.1. The van der Waals surface area contributed by atoms with E-state index in [2.05, 4.69) is 67.7 Å². The van der Waals surface area contributed by atoms with Gasteiger partial charge in [0.05, 0.1) is 5.56 Å². The zero-order valence-electron chi connectivity index (χ0n) is 18.3. The van der Waals surface area contributed by atoms with Gasteiger partial charge < -0.3 is 14.0 Å². The standard InChI is InChI=1S/C20H36O4Si2/c1-14(21)18-16(22)12-15(23-25(8,9)19(2,3)4)13-17(18)24-26(10,11)20(5,6)7/h12-13,22H,1-11H3. The number of hydrogen-bond acceptors (Lipinski definition) is 4. The third-order valence-corrected chi connectivity index (χ3v) is 14.5. The number of benzene rings is 1. The minimum absolute atomic E-state index is 0.0209. The van der Waals surface area contributed by atoms with E-state index in [1.165, 1.54) is 13.0 Å². The molecule has 1 aromatic rings. The molecule has 0 atom stereocenters. The minimum Gasteiger partial charge on any atom is -0.543 e. The summed E-state index contributed by atoms with van der Waals surface area (Å²) in [5.74, 6) is 0.697. The molecule has 0 aromatic heterocycles. The first-order valence-electron chi connectivity index (χ1n) is 9.15. The van der Waals surface area contributed by atoms with Crippen LogP contribution in [0.1, 0.15) is 58.8 Å². The Kier molecular flexibility index (Phi) is 6.16. The molecular weight excluding hydrogens is 360 g/mol. The average molecular weight is 397 g/mol. The number of rotatable bonds is 5. The van der Waals surface area contributed by atoms with Gasteiger partial charge in [0, 0.05) is 12.1 Å². The second-order valence-corrected chi connectivity index (χ2v) is 19.5. The van der Waals surface area contributed by atoms with Gasteiger partial charge in [-0.25, -0.2) is 0 Å². The van der Waals surface area contributed by atoms with Crippen molar-refractivity contribution >= 4 is 22.4 Å². The Balaban J connectivity index is 3.45. The highest BCUT2D eigenvalue weighted by molar-refractivity contribution is 6.75. The number of ketones is 1. The molecule has 0 spiro atoms. The van der Waals surface area contributed by atoms with E-state index in [-0.39, 0.29) is 27.2 Å². The van der Waals surface area contributed by atoms with Crippen molar-refractivity contribution in [3.8, 4) is 17.2 Å². The van der Waals surface area contributed by atoms with Crippen LogP contribution in [0.2, 0.25) is 36.3 Å². The Morgan fingerprint density at radius 1 is 0.885 bits per heavy atom. The lowest BCUT2D eigenvalue weighted by atomic mass is 10.1. The molecule has 6 heteroatoms. The summed E-state index contributed by atoms with van der Waals surface area (Å²) in [6.07, 6.45) is 0. The number of Topliss-reactive ketones (excluding diaryl/α,β-unsaturated/α-hetero) is 1. The van der Waals surface area contributed by atoms with Gasteiger partial charge in [-0.2, -0.15) is 0 Å². The zero-order valence-corrected chi connectivity index (χ0v) is 20.3. The van der Waals surface area contributed by atoms with Crippen LogP contribution >= 0.6 is 0 Å². The third-order valence-electron chi connectivity index (χ3n) is 5.76. The summed E-state index contributed by atoms with van der Waals surface area (Å²) < 4.78 is 12.7. The molecule has 26 heavy (non-hydrogen) atoms. The highest BCUT2D eigenvalue weighted by Gasteiger charge is 2.41. The fourth-order valence-corrected chi connectivity index (χ4v) is 3.98. The summed E-state index contributed by atoms with van der Waals surface area (Å²) in [6.45, 7) is 22.9. The molecule has 148 valence electrons. The van der Waals surface area contributed by atoms with Crippen molar-refractivity contribution in [1.82, 2.24) is 0 Å². The van der Waals surface area contributed by atoms with E-state index in [0.29, 0.717) is 11.5 Å². The first-order valence-corrected chi connectivity index (χ1v) is 15.0. The van der Waals surface area contributed by atoms with Crippen molar-refractivity contribution in [3.63, 3.8) is 0 Å². The molecule has 0 aliphatic heterocycles. The van der Waals surface area contributed by atoms with Gasteiger partial charge in [0.25, 0.3) is 8.32 Å². The van der Waals surface area contributed by atoms with Gasteiger partial charge in [0.1, 0.15) is 17.2 Å². The summed E-state index contributed by atoms with van der Waals surface area (Å²) in [5.41, 5.74) is 0.234. The molecule has 0 radical (unpaired) electrons. The van der Waals surface area contributed by atoms with Crippen LogP contribution in [-0.4, -0.2) is 27.5 Å². The van der Waals surface area contributed by atoms with Gasteiger partial charge >= 0.3 is 0 Å². The van der Waals surface area contributed by atoms with Crippen LogP contribution in [-0.2, 0) is 0 Å². The molecule has 1 aromatic carbocycles. The first kappa shape index (κ1) is 22.8. The predicted molar refractivity (Wildman–Crippen MR) is 114 cm³/mol. The van der Waals surface area contributed by atoms with E-state index >= 15 is 0 Å². The van der Waals surface area contributed by atoms with E-state index in [0.717, 1.165) is 0 Å². The third kappa shape index (κ3) is 4.91. The minimum atomic E-state index is -2.17. The molecule has 0 aliphatic rings. The zero-order chi connectivity index (χ0) is 20.7. The lowest BCUT2D eigenvalue weighted by Gasteiger charge is -2.38. The highest BCUT2D eigenvalue weighted by Crippen LogP contribution is 2.43. The van der Waals surface area contributed by atoms with Gasteiger partial charge in [0.2, 0.25) is 8.32 Å². The van der Waals surface area contributed by atoms with E-state index in [1.54, 1.807) is 6.07 Å². The smallest absolute Gasteiger partial charge is 0.250 e. The molecule has 0 aliphatic carbocycles. The first-order chi connectivity index (χ1) is 11.4. The number of carbonyl (C=O) groups excluding carboxylic acids is 1. The maximum Gasteiger partial charge on any atom is 0.250 e. The Morgan fingerprint density at radius 2 is 1.31 bits per heavy atom. The maximum atomic E-state index is 12.1. The van der Waals surface area contributed by atoms with Crippen LogP contribution in [0.3, 0.4) is 0 Å². The molecule has 1 rings (SSSR count). The topological polar surface area (TPSA) is 55.8 Å². The fourth-order valence-electron chi connectivity index (χ4n) is 1.95. The van der Waals surface area contributed by atoms with Gasteiger partial charge in [0.15, 0.2) is 5.78 Å². The SMILES string of the molecule is CC(=O)c1c(O)cc(O[Si](C)(C)C(C)(C)C)cc1O[Si](C)(C)C(C)(C)C. The molecule has 4 nitrogen and oxygen atoms in total. The van der Waals surface area contributed by atoms with Crippen LogP contribution < -0.4 is 8.85 Å². The number of aromatic hydroxyl groups is 1. The van der Waals surface area contributed by atoms with E-state index in [1.807, 2.05) is 0 Å². The molecule has 0 fully saturated rings. The summed E-state index contributed by atoms with van der Waals surface area (Å²) in [7, 11) is -4.24. The summed E-state index contributed by atoms with van der Waals surface area (Å²) in [6, 6.07) is 3.31. The quantitative estimate of drug-likeness (QED) is 0.464. The van der Waals surface area contributed by atoms with Gasteiger partial charge in [-0.3, -0.25) is 4.79 Å². The number of hydrogen-bond donors (Lipinski definition) is 1. The number of phenolic OH excluding ortho intramolecular Hbond substituents is 1. The lowest BCUT2D eigenvalue weighted by Crippen LogP contribution is -2.44. The normalized spacial score (nSPS) is 13.5. The molecular formula is C20H36O4Si2. The van der Waals surface area contributed by atoms with Crippen molar-refractivity contribution in [2.24, 2.45) is 0 Å². The second kappa shape index (κ2) is 7.04. The largest absolute Gasteiger partial charge is 0.543 e. The molecule has 0 unspecified atom stereocenters. The molecule has 0 saturated heterocycles. The van der Waals surface area contributed by atoms with E-state index in [4.69, 9.17) is 8.85 Å². The molecule has 1 N–H and O–H groups in total. The van der Waals surface area contributed by atoms with Crippen LogP contribution in [0.4, 0.5) is 0 Å². The maximum absolute atomic E-state index is 12.1. The predicted octanol–water partition coefficient (Wildman–Crippen LogP) is 6.36. The van der Waals surface area contributed by atoms with Crippen molar-refractivity contribution in [2.45, 2.75) is 84.7 Å². The Hall–Kier alpha value is -1.28. The molecule has 0 amide bonds. The van der Waals surface area contributed by atoms with Crippen molar-refractivity contribution < 1.29 is 18.8 Å². The van der Waals surface area contributed by atoms with Gasteiger partial charge in [-0.1, -0.05) is 41.5 Å². The number of phenols is 1. The lowest BCUT2D eigenvalue weighted by molar-refractivity contribution is 0.101. The average Bonchev–Trinajstić information content (AvgIpc) is 2.33. The molecule has 0 bridgehead atoms. The monoisotopic (exact) mass is 396 g/mol. The van der Waals surface area contributed by atoms with Crippen molar-refractivity contribution in [2.75, 3.05) is 0 Å². The van der Waals surface area contributed by atoms with Crippen LogP contribution in [0, 0.1) is 0 Å². The highest BCUT2D eigenvalue weighted by atomic mass is 28.4. The van der Waals surface area contributed by atoms with E-state index in [9.17, 15) is 9.90 Å². The molecule has 0 saturated carbocycles. The Bertz CT molecular complexity index is 680. The summed E-state index contributed by atoms with van der Waals surface area (Å²) in [5, 5.41) is 10.5. The second-order valence-electron chi connectivity index (χ2n) is 10.1. The molecule has 0 heterocycles. The Morgan fingerprint density at radius 3 is 1.69 bits per heavy atom. The summed E-state index contributed by atoms with van der Waals surface area (Å²) >= 11 is 0.